The van der Waals surface area contributed by atoms with Gasteiger partial charge in [0, 0.05) is 66.5 Å². The Labute approximate surface area is 403 Å². The zero-order valence-corrected chi connectivity index (χ0v) is 40.4. The Hall–Kier alpha value is -5.63. The standard InChI is InChI=1S/C26H24Cl2N2O2.C25H28ClF3N2O4/c1-3-30(19-7-5-4-6-8-19)20-11-12-22(21(27)15-20)29-23-13-18(14-24(31)17-9-10-17)26(32)25(28)16(23)2;1-5-7-22(33)35-11-10-31(6-2)18-8-9-19(15(3)12-18)30-20-13-17(14-21(32)25(27,28)29)24(34)23(26)16(20)4/h4-8,11-13,15,17H,3,9-10,14H2,1-2H3;8-9,12-13H,5-7,10-11,14H2,1-4H3. The van der Waals surface area contributed by atoms with Crippen LogP contribution in [0.15, 0.2) is 121 Å². The molecule has 0 aromatic heterocycles. The number of hydrogen-bond donors (Lipinski definition) is 0. The summed E-state index contributed by atoms with van der Waals surface area (Å²) in [4.78, 5) is 73.5. The number of benzene rings is 3. The van der Waals surface area contributed by atoms with Crippen molar-refractivity contribution in [2.24, 2.45) is 15.9 Å². The molecule has 0 saturated heterocycles. The smallest absolute Gasteiger partial charge is 0.450 e. The monoisotopic (exact) mass is 978 g/mol. The van der Waals surface area contributed by atoms with E-state index in [0.717, 1.165) is 48.4 Å². The summed E-state index contributed by atoms with van der Waals surface area (Å²) in [6.07, 6.45) is -0.272. The molecule has 3 aliphatic rings. The molecule has 1 saturated carbocycles. The number of allylic oxidation sites excluding steroid dienone is 8. The van der Waals surface area contributed by atoms with Crippen LogP contribution in [0.5, 0.6) is 0 Å². The van der Waals surface area contributed by atoms with E-state index >= 15 is 0 Å². The molecule has 16 heteroatoms. The first-order valence-electron chi connectivity index (χ1n) is 21.9. The summed E-state index contributed by atoms with van der Waals surface area (Å²) < 4.78 is 43.3. The predicted octanol–water partition coefficient (Wildman–Crippen LogP) is 12.7. The average Bonchev–Trinajstić information content (AvgIpc) is 4.15. The Morgan fingerprint density at radius 2 is 1.30 bits per heavy atom. The van der Waals surface area contributed by atoms with E-state index in [1.165, 1.54) is 6.08 Å². The van der Waals surface area contributed by atoms with Gasteiger partial charge in [-0.05, 0) is 131 Å². The normalized spacial score (nSPS) is 16.4. The number of Topliss-reactive ketones (excluding diaryl/α,β-unsaturated/α-hetero) is 4. The maximum Gasteiger partial charge on any atom is 0.450 e. The number of aliphatic imine (C=N–C) groups is 2. The topological polar surface area (TPSA) is 126 Å². The lowest BCUT2D eigenvalue weighted by atomic mass is 9.93. The minimum absolute atomic E-state index is 0.0861. The first-order valence-corrected chi connectivity index (χ1v) is 23.1. The zero-order chi connectivity index (χ0) is 49.2. The van der Waals surface area contributed by atoms with Crippen molar-refractivity contribution in [2.75, 3.05) is 36.0 Å². The van der Waals surface area contributed by atoms with Gasteiger partial charge in [0.15, 0.2) is 0 Å². The number of nitrogens with zero attached hydrogens (tertiary/aromatic N) is 4. The molecule has 0 amide bonds. The summed E-state index contributed by atoms with van der Waals surface area (Å²) in [7, 11) is 0. The quantitative estimate of drug-likeness (QED) is 0.0967. The number of anilines is 3. The van der Waals surface area contributed by atoms with Crippen LogP contribution in [0.25, 0.3) is 0 Å². The fourth-order valence-electron chi connectivity index (χ4n) is 7.14. The van der Waals surface area contributed by atoms with Crippen molar-refractivity contribution in [3.8, 4) is 0 Å². The summed E-state index contributed by atoms with van der Waals surface area (Å²) in [5.74, 6) is -3.19. The number of alkyl halides is 3. The van der Waals surface area contributed by atoms with Crippen molar-refractivity contribution in [1.82, 2.24) is 0 Å². The van der Waals surface area contributed by atoms with Crippen molar-refractivity contribution < 1.29 is 41.9 Å². The van der Waals surface area contributed by atoms with E-state index in [-0.39, 0.29) is 57.8 Å². The minimum Gasteiger partial charge on any atom is -0.464 e. The molecular weight excluding hydrogens is 928 g/mol. The van der Waals surface area contributed by atoms with Crippen LogP contribution in [0.3, 0.4) is 0 Å². The second kappa shape index (κ2) is 23.4. The number of carbonyl (C=O) groups excluding carboxylic acids is 5. The molecule has 1 fully saturated rings. The van der Waals surface area contributed by atoms with Crippen molar-refractivity contribution in [1.29, 1.82) is 0 Å². The summed E-state index contributed by atoms with van der Waals surface area (Å²) in [6.45, 7) is 13.3. The van der Waals surface area contributed by atoms with Gasteiger partial charge in [0.05, 0.1) is 44.4 Å². The molecule has 0 unspecified atom stereocenters. The number of likely N-dealkylation sites (N-methyl/N-ethyl adjacent to an activating group) is 1. The number of esters is 1. The Bertz CT molecular complexity index is 2610. The van der Waals surface area contributed by atoms with E-state index in [9.17, 15) is 37.1 Å². The molecule has 0 atom stereocenters. The van der Waals surface area contributed by atoms with E-state index < -0.39 is 24.2 Å². The molecule has 3 aromatic rings. The molecule has 0 spiro atoms. The number of rotatable bonds is 17. The highest BCUT2D eigenvalue weighted by Gasteiger charge is 2.40. The third-order valence-electron chi connectivity index (χ3n) is 11.2. The van der Waals surface area contributed by atoms with Crippen LogP contribution < -0.4 is 9.80 Å². The van der Waals surface area contributed by atoms with E-state index in [0.29, 0.717) is 58.3 Å². The van der Waals surface area contributed by atoms with Crippen LogP contribution in [-0.4, -0.2) is 72.9 Å². The fourth-order valence-corrected chi connectivity index (χ4v) is 7.80. The van der Waals surface area contributed by atoms with Gasteiger partial charge in [0.2, 0.25) is 17.3 Å². The maximum absolute atomic E-state index is 12.7. The molecule has 0 radical (unpaired) electrons. The molecule has 0 N–H and O–H groups in total. The highest BCUT2D eigenvalue weighted by Crippen LogP contribution is 2.37. The SMILES string of the molecule is CCCC(=O)OCCN(CC)c1ccc(N=C2C=C(CC(=O)C(F)(F)F)C(=O)C(Cl)=C2C)c(C)c1.CCN(c1ccccc1)c1ccc(N=C2C=C(CC(=O)C3CC3)C(=O)C(Cl)=C2C)c(Cl)c1. The number of ketones is 4. The molecule has 0 bridgehead atoms. The molecule has 0 heterocycles. The molecular formula is C51H52Cl3F3N4O6. The van der Waals surface area contributed by atoms with E-state index in [2.05, 4.69) is 33.9 Å². The first-order chi connectivity index (χ1) is 31.8. The van der Waals surface area contributed by atoms with Crippen LogP contribution in [0.2, 0.25) is 5.02 Å². The Morgan fingerprint density at radius 3 is 1.82 bits per heavy atom. The van der Waals surface area contributed by atoms with Gasteiger partial charge in [-0.25, -0.2) is 9.98 Å². The van der Waals surface area contributed by atoms with Gasteiger partial charge in [0.1, 0.15) is 12.4 Å². The number of hydrogen-bond acceptors (Lipinski definition) is 10. The van der Waals surface area contributed by atoms with Crippen molar-refractivity contribution >= 4 is 104 Å². The Kier molecular flexibility index (Phi) is 18.3. The van der Waals surface area contributed by atoms with Crippen molar-refractivity contribution in [2.45, 2.75) is 86.2 Å². The average molecular weight is 980 g/mol. The summed E-state index contributed by atoms with van der Waals surface area (Å²) in [5.41, 5.74) is 6.51. The Balaban J connectivity index is 0.000000251. The second-order valence-electron chi connectivity index (χ2n) is 16.1. The van der Waals surface area contributed by atoms with Crippen LogP contribution >= 0.6 is 34.8 Å². The van der Waals surface area contributed by atoms with E-state index in [4.69, 9.17) is 39.5 Å². The lowest BCUT2D eigenvalue weighted by Crippen LogP contribution is -2.28. The van der Waals surface area contributed by atoms with E-state index in [1.807, 2.05) is 74.2 Å². The highest BCUT2D eigenvalue weighted by atomic mass is 35.5. The van der Waals surface area contributed by atoms with Gasteiger partial charge in [0.25, 0.3) is 0 Å². The summed E-state index contributed by atoms with van der Waals surface area (Å²) >= 11 is 19.0. The van der Waals surface area contributed by atoms with E-state index in [1.54, 1.807) is 26.0 Å². The third-order valence-corrected chi connectivity index (χ3v) is 12.4. The highest BCUT2D eigenvalue weighted by molar-refractivity contribution is 6.50. The van der Waals surface area contributed by atoms with Crippen LogP contribution in [0.1, 0.15) is 78.7 Å². The molecule has 0 aliphatic heterocycles. The molecule has 10 nitrogen and oxygen atoms in total. The zero-order valence-electron chi connectivity index (χ0n) is 38.2. The van der Waals surface area contributed by atoms with Crippen LogP contribution in [0.4, 0.5) is 41.6 Å². The number of aryl methyl sites for hydroxylation is 1. The second-order valence-corrected chi connectivity index (χ2v) is 17.3. The molecule has 3 aliphatic carbocycles. The summed E-state index contributed by atoms with van der Waals surface area (Å²) in [6, 6.07) is 21.3. The summed E-state index contributed by atoms with van der Waals surface area (Å²) in [5, 5.41) is 0.341. The van der Waals surface area contributed by atoms with Gasteiger partial charge in [-0.2, -0.15) is 13.2 Å². The number of para-hydroxylation sites is 1. The fraction of sp³-hybridized carbons (Fsp3) is 0.353. The Morgan fingerprint density at radius 1 is 0.731 bits per heavy atom. The molecule has 6 rings (SSSR count). The van der Waals surface area contributed by atoms with Gasteiger partial charge in [-0.1, -0.05) is 59.9 Å². The number of carbonyl (C=O) groups is 5. The van der Waals surface area contributed by atoms with Gasteiger partial charge >= 0.3 is 12.1 Å². The van der Waals surface area contributed by atoms with Crippen LogP contribution in [-0.2, 0) is 28.7 Å². The van der Waals surface area contributed by atoms with Gasteiger partial charge in [-0.15, -0.1) is 0 Å². The minimum atomic E-state index is -5.05. The predicted molar refractivity (Wildman–Crippen MR) is 261 cm³/mol. The first kappa shape index (κ1) is 52.3. The van der Waals surface area contributed by atoms with Crippen molar-refractivity contribution in [3.05, 3.63) is 122 Å². The molecule has 67 heavy (non-hydrogen) atoms. The lowest BCUT2D eigenvalue weighted by Gasteiger charge is -2.24. The van der Waals surface area contributed by atoms with Gasteiger partial charge in [-0.3, -0.25) is 24.0 Å². The maximum atomic E-state index is 12.7. The van der Waals surface area contributed by atoms with Gasteiger partial charge < -0.3 is 14.5 Å². The van der Waals surface area contributed by atoms with Crippen LogP contribution in [0, 0.1) is 12.8 Å². The number of halogens is 6. The molecule has 354 valence electrons. The molecule has 3 aromatic carbocycles. The van der Waals surface area contributed by atoms with Crippen molar-refractivity contribution in [3.63, 3.8) is 0 Å². The third kappa shape index (κ3) is 13.7. The largest absolute Gasteiger partial charge is 0.464 e. The number of ether oxygens (including phenoxy) is 1. The lowest BCUT2D eigenvalue weighted by molar-refractivity contribution is -0.170.